The van der Waals surface area contributed by atoms with Gasteiger partial charge in [-0.1, -0.05) is 26.7 Å². The molecule has 6 nitrogen and oxygen atoms in total. The van der Waals surface area contributed by atoms with Crippen molar-refractivity contribution in [2.75, 3.05) is 38.2 Å². The Morgan fingerprint density at radius 1 is 1.07 bits per heavy atom. The zero-order valence-electron chi connectivity index (χ0n) is 17.2. The predicted octanol–water partition coefficient (Wildman–Crippen LogP) is 4.09. The van der Waals surface area contributed by atoms with Crippen molar-refractivity contribution in [3.05, 3.63) is 18.2 Å². The first kappa shape index (κ1) is 23.1. The zero-order chi connectivity index (χ0) is 19.1. The lowest BCUT2D eigenvalue weighted by Gasteiger charge is -2.32. The van der Waals surface area contributed by atoms with Crippen LogP contribution < -0.4 is 20.5 Å². The maximum absolute atomic E-state index is 6.17. The molecule has 1 fully saturated rings. The van der Waals surface area contributed by atoms with E-state index in [9.17, 15) is 0 Å². The number of guanidine groups is 1. The third-order valence-corrected chi connectivity index (χ3v) is 5.35. The third kappa shape index (κ3) is 6.69. The van der Waals surface area contributed by atoms with E-state index in [1.54, 1.807) is 0 Å². The van der Waals surface area contributed by atoms with Gasteiger partial charge in [-0.2, -0.15) is 0 Å². The molecule has 3 rings (SSSR count). The summed E-state index contributed by atoms with van der Waals surface area (Å²) in [6.45, 7) is 8.99. The largest absolute Gasteiger partial charge is 0.490 e. The van der Waals surface area contributed by atoms with Gasteiger partial charge in [-0.25, -0.2) is 0 Å². The van der Waals surface area contributed by atoms with E-state index in [1.807, 2.05) is 18.2 Å². The Morgan fingerprint density at radius 2 is 1.75 bits per heavy atom. The van der Waals surface area contributed by atoms with E-state index in [4.69, 9.17) is 15.2 Å². The van der Waals surface area contributed by atoms with Crippen molar-refractivity contribution in [3.8, 4) is 11.5 Å². The van der Waals surface area contributed by atoms with Gasteiger partial charge in [-0.15, -0.1) is 24.0 Å². The Labute approximate surface area is 186 Å². The van der Waals surface area contributed by atoms with Crippen molar-refractivity contribution >= 4 is 35.6 Å². The van der Waals surface area contributed by atoms with Gasteiger partial charge in [0.25, 0.3) is 0 Å². The van der Waals surface area contributed by atoms with Crippen LogP contribution in [0.5, 0.6) is 11.5 Å². The van der Waals surface area contributed by atoms with E-state index in [0.29, 0.717) is 31.1 Å². The molecule has 158 valence electrons. The fourth-order valence-electron chi connectivity index (χ4n) is 3.80. The van der Waals surface area contributed by atoms with Crippen LogP contribution in [-0.2, 0) is 0 Å². The van der Waals surface area contributed by atoms with Crippen molar-refractivity contribution in [2.45, 2.75) is 52.0 Å². The molecular weight excluding hydrogens is 467 g/mol. The molecule has 0 amide bonds. The number of rotatable bonds is 5. The number of nitrogens with one attached hydrogen (secondary N) is 1. The number of ether oxygens (including phenoxy) is 2. The molecule has 2 heterocycles. The summed E-state index contributed by atoms with van der Waals surface area (Å²) in [7, 11) is 0. The first-order chi connectivity index (χ1) is 13.1. The van der Waals surface area contributed by atoms with Crippen LogP contribution in [0.25, 0.3) is 0 Å². The molecule has 0 aliphatic carbocycles. The average Bonchev–Trinajstić information content (AvgIpc) is 3.04. The maximum atomic E-state index is 6.17. The molecule has 1 atom stereocenters. The van der Waals surface area contributed by atoms with E-state index in [-0.39, 0.29) is 24.0 Å². The van der Waals surface area contributed by atoms with Crippen molar-refractivity contribution in [2.24, 2.45) is 16.6 Å². The molecule has 1 unspecified atom stereocenters. The molecule has 7 heteroatoms. The Balaban J connectivity index is 0.00000280. The second-order valence-electron chi connectivity index (χ2n) is 7.82. The van der Waals surface area contributed by atoms with Crippen molar-refractivity contribution in [1.29, 1.82) is 0 Å². The number of likely N-dealkylation sites (tertiary alicyclic amines) is 1. The van der Waals surface area contributed by atoms with Gasteiger partial charge in [0.15, 0.2) is 17.5 Å². The summed E-state index contributed by atoms with van der Waals surface area (Å²) < 4.78 is 11.4. The quantitative estimate of drug-likeness (QED) is 0.361. The standard InChI is InChI=1S/C21H34N4O2.HI/c1-16(2)18(25-10-5-3-4-6-11-25)15-23-21(22)24-17-8-9-19-20(14-17)27-13-7-12-26-19;/h8-9,14,16,18H,3-7,10-13,15H2,1-2H3,(H3,22,23,24);1H. The van der Waals surface area contributed by atoms with Gasteiger partial charge in [0.05, 0.1) is 19.8 Å². The molecule has 0 saturated carbocycles. The lowest BCUT2D eigenvalue weighted by Crippen LogP contribution is -2.42. The van der Waals surface area contributed by atoms with Crippen LogP contribution in [0.4, 0.5) is 5.69 Å². The van der Waals surface area contributed by atoms with Crippen LogP contribution in [0, 0.1) is 5.92 Å². The molecule has 1 saturated heterocycles. The molecule has 2 aliphatic heterocycles. The summed E-state index contributed by atoms with van der Waals surface area (Å²) in [6, 6.07) is 6.24. The van der Waals surface area contributed by atoms with E-state index in [2.05, 4.69) is 29.1 Å². The number of fused-ring (bicyclic) bond motifs is 1. The number of nitrogens with zero attached hydrogens (tertiary/aromatic N) is 2. The van der Waals surface area contributed by atoms with Gasteiger partial charge in [-0.05, 0) is 44.0 Å². The highest BCUT2D eigenvalue weighted by Crippen LogP contribution is 2.32. The first-order valence-corrected chi connectivity index (χ1v) is 10.3. The number of halogens is 1. The Bertz CT molecular complexity index is 631. The van der Waals surface area contributed by atoms with Crippen LogP contribution in [0.1, 0.15) is 46.0 Å². The van der Waals surface area contributed by atoms with Crippen molar-refractivity contribution in [1.82, 2.24) is 4.90 Å². The maximum Gasteiger partial charge on any atom is 0.193 e. The smallest absolute Gasteiger partial charge is 0.193 e. The van der Waals surface area contributed by atoms with E-state index < -0.39 is 0 Å². The molecule has 0 aromatic heterocycles. The lowest BCUT2D eigenvalue weighted by molar-refractivity contribution is 0.166. The SMILES string of the molecule is CC(C)C(CN=C(N)Nc1ccc2c(c1)OCCCO2)N1CCCCCC1.I. The average molecular weight is 502 g/mol. The summed E-state index contributed by atoms with van der Waals surface area (Å²) in [5.41, 5.74) is 7.04. The fraction of sp³-hybridized carbons (Fsp3) is 0.667. The van der Waals surface area contributed by atoms with Gasteiger partial charge in [0.1, 0.15) is 0 Å². The minimum atomic E-state index is 0. The normalized spacial score (nSPS) is 19.3. The number of hydrogen-bond acceptors (Lipinski definition) is 4. The highest BCUT2D eigenvalue weighted by Gasteiger charge is 2.22. The van der Waals surface area contributed by atoms with E-state index in [0.717, 1.165) is 30.2 Å². The minimum absolute atomic E-state index is 0. The fourth-order valence-corrected chi connectivity index (χ4v) is 3.80. The summed E-state index contributed by atoms with van der Waals surface area (Å²) in [4.78, 5) is 7.25. The summed E-state index contributed by atoms with van der Waals surface area (Å²) in [6.07, 6.45) is 6.17. The number of benzene rings is 1. The number of nitrogens with two attached hydrogens (primary N) is 1. The topological polar surface area (TPSA) is 72.1 Å². The highest BCUT2D eigenvalue weighted by atomic mass is 127. The molecule has 0 bridgehead atoms. The Morgan fingerprint density at radius 3 is 2.43 bits per heavy atom. The molecule has 1 aromatic rings. The van der Waals surface area contributed by atoms with Crippen LogP contribution >= 0.6 is 24.0 Å². The summed E-state index contributed by atoms with van der Waals surface area (Å²) >= 11 is 0. The molecule has 0 spiro atoms. The van der Waals surface area contributed by atoms with Gasteiger partial charge < -0.3 is 20.5 Å². The predicted molar refractivity (Wildman–Crippen MR) is 126 cm³/mol. The summed E-state index contributed by atoms with van der Waals surface area (Å²) in [5, 5.41) is 3.20. The van der Waals surface area contributed by atoms with E-state index >= 15 is 0 Å². The second-order valence-corrected chi connectivity index (χ2v) is 7.82. The van der Waals surface area contributed by atoms with Gasteiger partial charge in [0, 0.05) is 24.2 Å². The number of hydrogen-bond donors (Lipinski definition) is 2. The Kier molecular flexibility index (Phi) is 9.64. The molecular formula is C21H35IN4O2. The Hall–Kier alpha value is -1.22. The van der Waals surface area contributed by atoms with Gasteiger partial charge in [0.2, 0.25) is 0 Å². The molecule has 3 N–H and O–H groups in total. The summed E-state index contributed by atoms with van der Waals surface area (Å²) in [5.74, 6) is 2.55. The first-order valence-electron chi connectivity index (χ1n) is 10.3. The van der Waals surface area contributed by atoms with Gasteiger partial charge >= 0.3 is 0 Å². The number of aliphatic imine (C=N–C) groups is 1. The van der Waals surface area contributed by atoms with Crippen LogP contribution in [0.3, 0.4) is 0 Å². The highest BCUT2D eigenvalue weighted by molar-refractivity contribution is 14.0. The van der Waals surface area contributed by atoms with Crippen molar-refractivity contribution < 1.29 is 9.47 Å². The van der Waals surface area contributed by atoms with Crippen LogP contribution in [-0.4, -0.2) is 49.7 Å². The number of anilines is 1. The van der Waals surface area contributed by atoms with Crippen LogP contribution in [0.2, 0.25) is 0 Å². The monoisotopic (exact) mass is 502 g/mol. The third-order valence-electron chi connectivity index (χ3n) is 5.35. The van der Waals surface area contributed by atoms with Crippen molar-refractivity contribution in [3.63, 3.8) is 0 Å². The zero-order valence-corrected chi connectivity index (χ0v) is 19.5. The van der Waals surface area contributed by atoms with Crippen LogP contribution in [0.15, 0.2) is 23.2 Å². The molecule has 28 heavy (non-hydrogen) atoms. The second kappa shape index (κ2) is 11.7. The molecule has 1 aromatic carbocycles. The minimum Gasteiger partial charge on any atom is -0.490 e. The van der Waals surface area contributed by atoms with Gasteiger partial charge in [-0.3, -0.25) is 9.89 Å². The molecule has 0 radical (unpaired) electrons. The van der Waals surface area contributed by atoms with E-state index in [1.165, 1.54) is 38.8 Å². The molecule has 2 aliphatic rings. The lowest BCUT2D eigenvalue weighted by atomic mass is 10.0.